The first-order valence-electron chi connectivity index (χ1n) is 8.66. The minimum atomic E-state index is -0.128. The summed E-state index contributed by atoms with van der Waals surface area (Å²) in [5, 5.41) is 2.93. The fraction of sp³-hybridized carbons (Fsp3) is 0.0870. The first-order valence-corrected chi connectivity index (χ1v) is 8.66. The molecule has 0 radical (unpaired) electrons. The molecule has 0 saturated heterocycles. The van der Waals surface area contributed by atoms with E-state index >= 15 is 0 Å². The molecule has 0 aliphatic rings. The molecule has 3 N–H and O–H groups in total. The predicted molar refractivity (Wildman–Crippen MR) is 108 cm³/mol. The lowest BCUT2D eigenvalue weighted by molar-refractivity contribution is 0.102. The Labute approximate surface area is 154 Å². The number of allylic oxidation sites excluding steroid dienone is 1. The summed E-state index contributed by atoms with van der Waals surface area (Å²) in [6, 6.07) is 25.5. The average Bonchev–Trinajstić information content (AvgIpc) is 2.70. The molecule has 0 aliphatic carbocycles. The number of rotatable bonds is 6. The van der Waals surface area contributed by atoms with Gasteiger partial charge in [-0.15, -0.1) is 0 Å². The van der Waals surface area contributed by atoms with E-state index in [1.807, 2.05) is 66.7 Å². The lowest BCUT2D eigenvalue weighted by Crippen LogP contribution is -2.14. The van der Waals surface area contributed by atoms with Gasteiger partial charge in [-0.25, -0.2) is 0 Å². The maximum Gasteiger partial charge on any atom is 0.255 e. The monoisotopic (exact) mass is 342 g/mol. The normalized spacial score (nSPS) is 10.8. The van der Waals surface area contributed by atoms with Crippen LogP contribution < -0.4 is 11.1 Å². The molecule has 1 amide bonds. The van der Waals surface area contributed by atoms with Crippen LogP contribution in [0.2, 0.25) is 0 Å². The topological polar surface area (TPSA) is 55.1 Å². The Morgan fingerprint density at radius 3 is 2.31 bits per heavy atom. The summed E-state index contributed by atoms with van der Waals surface area (Å²) in [6.07, 6.45) is 5.05. The predicted octanol–water partition coefficient (Wildman–Crippen LogP) is 4.65. The van der Waals surface area contributed by atoms with Gasteiger partial charge in [0.05, 0.1) is 0 Å². The molecule has 3 heteroatoms. The summed E-state index contributed by atoms with van der Waals surface area (Å²) in [5.74, 6) is -0.128. The summed E-state index contributed by atoms with van der Waals surface area (Å²) in [6.45, 7) is 0.392. The van der Waals surface area contributed by atoms with Crippen molar-refractivity contribution in [2.24, 2.45) is 5.73 Å². The Hall–Kier alpha value is -3.17. The van der Waals surface area contributed by atoms with Crippen molar-refractivity contribution in [3.8, 4) is 0 Å². The third kappa shape index (κ3) is 4.68. The molecule has 130 valence electrons. The van der Waals surface area contributed by atoms with E-state index < -0.39 is 0 Å². The van der Waals surface area contributed by atoms with Crippen LogP contribution in [-0.2, 0) is 13.0 Å². The number of benzene rings is 3. The third-order valence-corrected chi connectivity index (χ3v) is 4.17. The number of nitrogens with one attached hydrogen (secondary N) is 1. The van der Waals surface area contributed by atoms with Gasteiger partial charge < -0.3 is 11.1 Å². The maximum absolute atomic E-state index is 12.4. The van der Waals surface area contributed by atoms with Crippen LogP contribution >= 0.6 is 0 Å². The average molecular weight is 342 g/mol. The third-order valence-electron chi connectivity index (χ3n) is 4.17. The number of hydrogen-bond donors (Lipinski definition) is 2. The molecule has 0 unspecified atom stereocenters. The van der Waals surface area contributed by atoms with Gasteiger partial charge >= 0.3 is 0 Å². The first-order chi connectivity index (χ1) is 12.8. The van der Waals surface area contributed by atoms with Crippen LogP contribution in [0.3, 0.4) is 0 Å². The molecule has 0 spiro atoms. The quantitative estimate of drug-likeness (QED) is 0.685. The number of anilines is 1. The Morgan fingerprint density at radius 2 is 1.58 bits per heavy atom. The lowest BCUT2D eigenvalue weighted by atomic mass is 10.1. The lowest BCUT2D eigenvalue weighted by Gasteiger charge is -2.09. The molecule has 0 atom stereocenters. The summed E-state index contributed by atoms with van der Waals surface area (Å²) < 4.78 is 0. The van der Waals surface area contributed by atoms with Gasteiger partial charge in [-0.1, -0.05) is 72.8 Å². The van der Waals surface area contributed by atoms with Crippen molar-refractivity contribution in [3.63, 3.8) is 0 Å². The first kappa shape index (κ1) is 17.6. The zero-order valence-corrected chi connectivity index (χ0v) is 14.6. The second-order valence-electron chi connectivity index (χ2n) is 6.03. The van der Waals surface area contributed by atoms with Crippen molar-refractivity contribution in [3.05, 3.63) is 107 Å². The van der Waals surface area contributed by atoms with Crippen LogP contribution in [0.15, 0.2) is 84.9 Å². The number of carbonyl (C=O) groups excluding carboxylic acids is 1. The highest BCUT2D eigenvalue weighted by Crippen LogP contribution is 2.16. The van der Waals surface area contributed by atoms with Gasteiger partial charge in [-0.2, -0.15) is 0 Å². The second kappa shape index (κ2) is 8.79. The van der Waals surface area contributed by atoms with E-state index in [1.165, 1.54) is 5.56 Å². The van der Waals surface area contributed by atoms with Crippen molar-refractivity contribution >= 4 is 17.7 Å². The highest BCUT2D eigenvalue weighted by Gasteiger charge is 2.08. The van der Waals surface area contributed by atoms with E-state index in [1.54, 1.807) is 0 Å². The Bertz CT molecular complexity index is 884. The molecule has 0 heterocycles. The highest BCUT2D eigenvalue weighted by atomic mass is 16.1. The van der Waals surface area contributed by atoms with Gasteiger partial charge in [-0.3, -0.25) is 4.79 Å². The number of amides is 1. The summed E-state index contributed by atoms with van der Waals surface area (Å²) in [4.78, 5) is 12.4. The van der Waals surface area contributed by atoms with Crippen LogP contribution in [0.25, 0.3) is 6.08 Å². The molecule has 3 aromatic rings. The molecule has 0 saturated carbocycles. The molecule has 0 aromatic heterocycles. The van der Waals surface area contributed by atoms with E-state index in [4.69, 9.17) is 5.73 Å². The summed E-state index contributed by atoms with van der Waals surface area (Å²) in [7, 11) is 0. The Morgan fingerprint density at radius 1 is 0.885 bits per heavy atom. The highest BCUT2D eigenvalue weighted by molar-refractivity contribution is 6.04. The van der Waals surface area contributed by atoms with E-state index in [9.17, 15) is 4.79 Å². The fourth-order valence-corrected chi connectivity index (χ4v) is 2.70. The SMILES string of the molecule is NCc1ccccc1NC(=O)c1ccc(C/C=C/c2ccccc2)cc1. The van der Waals surface area contributed by atoms with E-state index in [0.717, 1.165) is 23.2 Å². The van der Waals surface area contributed by atoms with Crippen LogP contribution in [-0.4, -0.2) is 5.91 Å². The number of para-hydroxylation sites is 1. The van der Waals surface area contributed by atoms with Gasteiger partial charge in [0.25, 0.3) is 5.91 Å². The van der Waals surface area contributed by atoms with E-state index in [0.29, 0.717) is 12.1 Å². The van der Waals surface area contributed by atoms with Gasteiger partial charge in [0.15, 0.2) is 0 Å². The fourth-order valence-electron chi connectivity index (χ4n) is 2.70. The largest absolute Gasteiger partial charge is 0.326 e. The van der Waals surface area contributed by atoms with Gasteiger partial charge in [0, 0.05) is 17.8 Å². The molecular weight excluding hydrogens is 320 g/mol. The van der Waals surface area contributed by atoms with Crippen LogP contribution in [0.1, 0.15) is 27.0 Å². The van der Waals surface area contributed by atoms with Crippen molar-refractivity contribution in [2.75, 3.05) is 5.32 Å². The smallest absolute Gasteiger partial charge is 0.255 e. The molecule has 0 fully saturated rings. The van der Waals surface area contributed by atoms with E-state index in [-0.39, 0.29) is 5.91 Å². The summed E-state index contributed by atoms with van der Waals surface area (Å²) >= 11 is 0. The molecular formula is C23H22N2O. The van der Waals surface area contributed by atoms with Gasteiger partial charge in [0.2, 0.25) is 0 Å². The number of carbonyl (C=O) groups is 1. The van der Waals surface area contributed by atoms with Gasteiger partial charge in [-0.05, 0) is 41.3 Å². The molecule has 26 heavy (non-hydrogen) atoms. The zero-order chi connectivity index (χ0) is 18.2. The maximum atomic E-state index is 12.4. The molecule has 3 nitrogen and oxygen atoms in total. The van der Waals surface area contributed by atoms with Crippen molar-refractivity contribution in [1.82, 2.24) is 0 Å². The Balaban J connectivity index is 1.62. The minimum Gasteiger partial charge on any atom is -0.326 e. The van der Waals surface area contributed by atoms with Gasteiger partial charge in [0.1, 0.15) is 0 Å². The standard InChI is InChI=1S/C23H22N2O/c24-17-21-11-4-5-12-22(21)25-23(26)20-15-13-19(14-16-20)10-6-9-18-7-2-1-3-8-18/h1-9,11-16H,10,17,24H2,(H,25,26)/b9-6+. The summed E-state index contributed by atoms with van der Waals surface area (Å²) in [5.41, 5.74) is 10.4. The minimum absolute atomic E-state index is 0.128. The molecule has 0 aliphatic heterocycles. The zero-order valence-electron chi connectivity index (χ0n) is 14.6. The van der Waals surface area contributed by atoms with Crippen molar-refractivity contribution < 1.29 is 4.79 Å². The second-order valence-corrected chi connectivity index (χ2v) is 6.03. The molecule has 3 aromatic carbocycles. The van der Waals surface area contributed by atoms with E-state index in [2.05, 4.69) is 29.6 Å². The number of nitrogens with two attached hydrogens (primary N) is 1. The van der Waals surface area contributed by atoms with Crippen molar-refractivity contribution in [2.45, 2.75) is 13.0 Å². The molecule has 3 rings (SSSR count). The van der Waals surface area contributed by atoms with Crippen LogP contribution in [0.4, 0.5) is 5.69 Å². The molecule has 0 bridgehead atoms. The van der Waals surface area contributed by atoms with Crippen LogP contribution in [0.5, 0.6) is 0 Å². The number of hydrogen-bond acceptors (Lipinski definition) is 2. The van der Waals surface area contributed by atoms with Crippen molar-refractivity contribution in [1.29, 1.82) is 0 Å². The Kier molecular flexibility index (Phi) is 5.96. The van der Waals surface area contributed by atoms with Crippen LogP contribution in [0, 0.1) is 0 Å².